The van der Waals surface area contributed by atoms with Crippen LogP contribution in [0.5, 0.6) is 0 Å². The van der Waals surface area contributed by atoms with E-state index in [-0.39, 0.29) is 5.41 Å². The molecule has 0 radical (unpaired) electrons. The van der Waals surface area contributed by atoms with Crippen molar-refractivity contribution < 1.29 is 0 Å². The van der Waals surface area contributed by atoms with Crippen molar-refractivity contribution in [2.24, 2.45) is 11.3 Å². The largest absolute Gasteiger partial charge is 0.327 e. The van der Waals surface area contributed by atoms with E-state index >= 15 is 0 Å². The van der Waals surface area contributed by atoms with Gasteiger partial charge in [-0.2, -0.15) is 0 Å². The second-order valence-electron chi connectivity index (χ2n) is 6.69. The highest BCUT2D eigenvalue weighted by Crippen LogP contribution is 2.31. The second-order valence-corrected chi connectivity index (χ2v) is 7.07. The van der Waals surface area contributed by atoms with Crippen LogP contribution in [-0.4, -0.2) is 15.4 Å². The number of aryl methyl sites for hydroxylation is 2. The second kappa shape index (κ2) is 5.77. The molecule has 1 aromatic heterocycles. The molecule has 110 valence electrons. The third-order valence-corrected chi connectivity index (χ3v) is 4.62. The van der Waals surface area contributed by atoms with Gasteiger partial charge in [-0.3, -0.25) is 0 Å². The van der Waals surface area contributed by atoms with Gasteiger partial charge in [-0.25, -0.2) is 4.98 Å². The summed E-state index contributed by atoms with van der Waals surface area (Å²) >= 11 is 5.95. The third-order valence-electron chi connectivity index (χ3n) is 4.43. The molecule has 3 heteroatoms. The Morgan fingerprint density at radius 3 is 2.60 bits per heavy atom. The van der Waals surface area contributed by atoms with Crippen molar-refractivity contribution in [1.29, 1.82) is 0 Å². The van der Waals surface area contributed by atoms with E-state index < -0.39 is 0 Å². The minimum Gasteiger partial charge on any atom is -0.327 e. The van der Waals surface area contributed by atoms with Crippen LogP contribution in [0.4, 0.5) is 0 Å². The Bertz CT molecular complexity index is 596. The highest BCUT2D eigenvalue weighted by Gasteiger charge is 2.25. The summed E-state index contributed by atoms with van der Waals surface area (Å²) in [5, 5.41) is 0. The molecule has 0 bridgehead atoms. The maximum absolute atomic E-state index is 5.95. The number of nitrogens with zero attached hydrogens (tertiary/aromatic N) is 2. The van der Waals surface area contributed by atoms with Crippen LogP contribution in [0.15, 0.2) is 18.2 Å². The van der Waals surface area contributed by atoms with Gasteiger partial charge in [0.1, 0.15) is 5.82 Å². The van der Waals surface area contributed by atoms with Crippen LogP contribution in [0, 0.1) is 18.3 Å². The van der Waals surface area contributed by atoms with Crippen LogP contribution >= 0.6 is 11.6 Å². The van der Waals surface area contributed by atoms with Gasteiger partial charge in [-0.1, -0.05) is 33.8 Å². The van der Waals surface area contributed by atoms with Crippen LogP contribution in [-0.2, 0) is 13.0 Å². The molecule has 0 N–H and O–H groups in total. The van der Waals surface area contributed by atoms with Gasteiger partial charge in [0.2, 0.25) is 0 Å². The molecule has 0 fully saturated rings. The Kier molecular flexibility index (Phi) is 4.43. The normalized spacial score (nSPS) is 12.6. The molecule has 0 spiro atoms. The van der Waals surface area contributed by atoms with Crippen molar-refractivity contribution in [2.45, 2.75) is 47.6 Å². The average Bonchev–Trinajstić information content (AvgIpc) is 2.67. The molecular formula is C17H25ClN2. The average molecular weight is 293 g/mol. The van der Waals surface area contributed by atoms with Gasteiger partial charge < -0.3 is 4.57 Å². The van der Waals surface area contributed by atoms with E-state index in [4.69, 9.17) is 16.6 Å². The zero-order chi connectivity index (χ0) is 14.9. The molecule has 0 saturated heterocycles. The van der Waals surface area contributed by atoms with Gasteiger partial charge >= 0.3 is 0 Å². The lowest BCUT2D eigenvalue weighted by molar-refractivity contribution is 0.210. The molecule has 2 rings (SSSR count). The molecule has 0 aliphatic heterocycles. The molecule has 20 heavy (non-hydrogen) atoms. The summed E-state index contributed by atoms with van der Waals surface area (Å²) in [6.45, 7) is 12.3. The lowest BCUT2D eigenvalue weighted by Crippen LogP contribution is -2.26. The van der Waals surface area contributed by atoms with E-state index in [0.29, 0.717) is 11.8 Å². The lowest BCUT2D eigenvalue weighted by atomic mass is 9.81. The number of fused-ring (bicyclic) bond motifs is 1. The van der Waals surface area contributed by atoms with E-state index in [2.05, 4.69) is 57.4 Å². The molecule has 2 aromatic rings. The molecule has 0 atom stereocenters. The molecule has 1 heterocycles. The minimum atomic E-state index is 0.235. The molecule has 0 amide bonds. The molecule has 0 unspecified atom stereocenters. The summed E-state index contributed by atoms with van der Waals surface area (Å²) in [5.74, 6) is 2.34. The van der Waals surface area contributed by atoms with Crippen LogP contribution in [0.25, 0.3) is 11.0 Å². The Morgan fingerprint density at radius 2 is 2.00 bits per heavy atom. The lowest BCUT2D eigenvalue weighted by Gasteiger charge is -2.30. The van der Waals surface area contributed by atoms with Gasteiger partial charge in [0.25, 0.3) is 0 Å². The summed E-state index contributed by atoms with van der Waals surface area (Å²) in [6, 6.07) is 6.47. The zero-order valence-corrected chi connectivity index (χ0v) is 14.0. The first kappa shape index (κ1) is 15.4. The van der Waals surface area contributed by atoms with Crippen LogP contribution in [0.2, 0.25) is 0 Å². The monoisotopic (exact) mass is 292 g/mol. The van der Waals surface area contributed by atoms with Gasteiger partial charge in [-0.05, 0) is 36.0 Å². The smallest absolute Gasteiger partial charge is 0.111 e. The fourth-order valence-electron chi connectivity index (χ4n) is 2.32. The third kappa shape index (κ3) is 3.01. The fraction of sp³-hybridized carbons (Fsp3) is 0.588. The van der Waals surface area contributed by atoms with E-state index in [1.807, 2.05) is 0 Å². The standard InChI is InChI=1S/C17H25ClN2/c1-12(2)17(4,5)11-20-15-10-13(3)6-7-14(15)19-16(20)8-9-18/h6-7,10,12H,8-9,11H2,1-5H3. The summed E-state index contributed by atoms with van der Waals surface area (Å²) in [6.07, 6.45) is 0.823. The first-order chi connectivity index (χ1) is 9.35. The number of aromatic nitrogens is 2. The zero-order valence-electron chi connectivity index (χ0n) is 13.2. The van der Waals surface area contributed by atoms with Crippen LogP contribution in [0.3, 0.4) is 0 Å². The number of imidazole rings is 1. The number of halogens is 1. The predicted molar refractivity (Wildman–Crippen MR) is 87.5 cm³/mol. The number of rotatable bonds is 5. The molecule has 0 saturated carbocycles. The van der Waals surface area contributed by atoms with Crippen molar-refractivity contribution in [2.75, 3.05) is 5.88 Å². The molecule has 2 nitrogen and oxygen atoms in total. The summed E-state index contributed by atoms with van der Waals surface area (Å²) < 4.78 is 2.37. The minimum absolute atomic E-state index is 0.235. The molecular weight excluding hydrogens is 268 g/mol. The first-order valence-corrected chi connectivity index (χ1v) is 7.90. The van der Waals surface area contributed by atoms with E-state index in [1.54, 1.807) is 0 Å². The van der Waals surface area contributed by atoms with Crippen LogP contribution in [0.1, 0.15) is 39.1 Å². The fourth-order valence-corrected chi connectivity index (χ4v) is 2.49. The molecule has 0 aliphatic rings. The maximum atomic E-state index is 5.95. The van der Waals surface area contributed by atoms with Gasteiger partial charge in [0, 0.05) is 18.8 Å². The summed E-state index contributed by atoms with van der Waals surface area (Å²) in [4.78, 5) is 4.77. The van der Waals surface area contributed by atoms with Gasteiger partial charge in [0.05, 0.1) is 11.0 Å². The van der Waals surface area contributed by atoms with Crippen molar-refractivity contribution in [3.05, 3.63) is 29.6 Å². The van der Waals surface area contributed by atoms with E-state index in [0.717, 1.165) is 24.3 Å². The number of alkyl halides is 1. The van der Waals surface area contributed by atoms with Crippen molar-refractivity contribution >= 4 is 22.6 Å². The Balaban J connectivity index is 2.53. The topological polar surface area (TPSA) is 17.8 Å². The van der Waals surface area contributed by atoms with Gasteiger partial charge in [-0.15, -0.1) is 11.6 Å². The number of hydrogen-bond donors (Lipinski definition) is 0. The number of benzene rings is 1. The summed E-state index contributed by atoms with van der Waals surface area (Å²) in [5.41, 5.74) is 3.82. The van der Waals surface area contributed by atoms with Crippen molar-refractivity contribution in [1.82, 2.24) is 9.55 Å². The van der Waals surface area contributed by atoms with E-state index in [9.17, 15) is 0 Å². The van der Waals surface area contributed by atoms with Crippen LogP contribution < -0.4 is 0 Å². The Labute approximate surface area is 127 Å². The Morgan fingerprint density at radius 1 is 1.30 bits per heavy atom. The highest BCUT2D eigenvalue weighted by molar-refractivity contribution is 6.17. The summed E-state index contributed by atoms with van der Waals surface area (Å²) in [7, 11) is 0. The highest BCUT2D eigenvalue weighted by atomic mass is 35.5. The first-order valence-electron chi connectivity index (χ1n) is 7.37. The maximum Gasteiger partial charge on any atom is 0.111 e. The molecule has 0 aliphatic carbocycles. The van der Waals surface area contributed by atoms with E-state index in [1.165, 1.54) is 11.1 Å². The molecule has 1 aromatic carbocycles. The van der Waals surface area contributed by atoms with Gasteiger partial charge in [0.15, 0.2) is 0 Å². The van der Waals surface area contributed by atoms with Crippen molar-refractivity contribution in [3.63, 3.8) is 0 Å². The number of hydrogen-bond acceptors (Lipinski definition) is 1. The Hall–Kier alpha value is -1.02. The quantitative estimate of drug-likeness (QED) is 0.723. The predicted octanol–water partition coefficient (Wildman–Crippen LogP) is 4.81. The SMILES string of the molecule is Cc1ccc2nc(CCCl)n(CC(C)(C)C(C)C)c2c1. The van der Waals surface area contributed by atoms with Crippen molar-refractivity contribution in [3.8, 4) is 0 Å².